The van der Waals surface area contributed by atoms with E-state index in [0.717, 1.165) is 29.3 Å². The van der Waals surface area contributed by atoms with Crippen molar-refractivity contribution in [2.45, 2.75) is 45.1 Å². The number of rotatable bonds is 4. The average Bonchev–Trinajstić information content (AvgIpc) is 2.76. The Bertz CT molecular complexity index is 339. The molecule has 2 heterocycles. The molecule has 1 N–H and O–H groups in total. The van der Waals surface area contributed by atoms with Gasteiger partial charge in [0.15, 0.2) is 4.67 Å². The highest BCUT2D eigenvalue weighted by atomic mass is 79.9. The second-order valence-electron chi connectivity index (χ2n) is 5.29. The molecule has 90 valence electrons. The Morgan fingerprint density at radius 2 is 2.31 bits per heavy atom. The molecule has 16 heavy (non-hydrogen) atoms. The Hall–Kier alpha value is -0.280. The molecular formula is C13H20BrNO. The summed E-state index contributed by atoms with van der Waals surface area (Å²) in [6, 6.07) is 4.06. The van der Waals surface area contributed by atoms with Crippen molar-refractivity contribution in [3.8, 4) is 0 Å². The molecule has 0 saturated carbocycles. The molecule has 3 heteroatoms. The van der Waals surface area contributed by atoms with E-state index in [1.165, 1.54) is 19.3 Å². The predicted octanol–water partition coefficient (Wildman–Crippen LogP) is 3.75. The first-order chi connectivity index (χ1) is 7.60. The molecule has 0 aromatic carbocycles. The van der Waals surface area contributed by atoms with Crippen LogP contribution in [0, 0.1) is 5.92 Å². The predicted molar refractivity (Wildman–Crippen MR) is 69.5 cm³/mol. The van der Waals surface area contributed by atoms with Gasteiger partial charge in [-0.05, 0) is 59.8 Å². The molecule has 1 aliphatic heterocycles. The van der Waals surface area contributed by atoms with Crippen LogP contribution in [-0.2, 0) is 6.42 Å². The van der Waals surface area contributed by atoms with Crippen molar-refractivity contribution >= 4 is 15.9 Å². The molecule has 2 nitrogen and oxygen atoms in total. The fourth-order valence-corrected chi connectivity index (χ4v) is 3.17. The van der Waals surface area contributed by atoms with Gasteiger partial charge >= 0.3 is 0 Å². The highest BCUT2D eigenvalue weighted by Gasteiger charge is 2.34. The van der Waals surface area contributed by atoms with Crippen molar-refractivity contribution < 1.29 is 4.42 Å². The molecule has 1 saturated heterocycles. The fourth-order valence-electron chi connectivity index (χ4n) is 2.83. The van der Waals surface area contributed by atoms with E-state index in [1.54, 1.807) is 0 Å². The summed E-state index contributed by atoms with van der Waals surface area (Å²) in [5, 5.41) is 3.68. The Kier molecular flexibility index (Phi) is 3.75. The van der Waals surface area contributed by atoms with Crippen LogP contribution >= 0.6 is 15.9 Å². The molecule has 0 amide bonds. The lowest BCUT2D eigenvalue weighted by Crippen LogP contribution is -2.43. The largest absolute Gasteiger partial charge is 0.454 e. The quantitative estimate of drug-likeness (QED) is 0.911. The minimum Gasteiger partial charge on any atom is -0.454 e. The summed E-state index contributed by atoms with van der Waals surface area (Å²) in [5.74, 6) is 1.81. The number of hydrogen-bond acceptors (Lipinski definition) is 2. The summed E-state index contributed by atoms with van der Waals surface area (Å²) in [4.78, 5) is 0. The first kappa shape index (κ1) is 12.2. The third-order valence-electron chi connectivity index (χ3n) is 3.27. The van der Waals surface area contributed by atoms with Gasteiger partial charge in [-0.3, -0.25) is 0 Å². The second-order valence-corrected chi connectivity index (χ2v) is 6.07. The monoisotopic (exact) mass is 285 g/mol. The normalized spacial score (nSPS) is 25.5. The molecule has 1 atom stereocenters. The SMILES string of the molecule is CC(C)CC1(Cc2ccc(Br)o2)CCCN1. The molecule has 2 rings (SSSR count). The van der Waals surface area contributed by atoms with Gasteiger partial charge in [0, 0.05) is 12.0 Å². The number of nitrogens with one attached hydrogen (secondary N) is 1. The van der Waals surface area contributed by atoms with E-state index in [9.17, 15) is 0 Å². The number of hydrogen-bond donors (Lipinski definition) is 1. The maximum Gasteiger partial charge on any atom is 0.169 e. The molecule has 1 aromatic heterocycles. The Morgan fingerprint density at radius 3 is 2.81 bits per heavy atom. The summed E-state index contributed by atoms with van der Waals surface area (Å²) in [6.45, 7) is 5.73. The topological polar surface area (TPSA) is 25.2 Å². The first-order valence-corrected chi connectivity index (χ1v) is 6.88. The summed E-state index contributed by atoms with van der Waals surface area (Å²) in [7, 11) is 0. The van der Waals surface area contributed by atoms with Crippen molar-refractivity contribution in [1.82, 2.24) is 5.32 Å². The zero-order chi connectivity index (χ0) is 11.6. The van der Waals surface area contributed by atoms with Gasteiger partial charge in [-0.1, -0.05) is 13.8 Å². The van der Waals surface area contributed by atoms with Crippen molar-refractivity contribution in [1.29, 1.82) is 0 Å². The van der Waals surface area contributed by atoms with E-state index in [0.29, 0.717) is 0 Å². The lowest BCUT2D eigenvalue weighted by Gasteiger charge is -2.30. The van der Waals surface area contributed by atoms with Gasteiger partial charge in [0.2, 0.25) is 0 Å². The zero-order valence-corrected chi connectivity index (χ0v) is 11.6. The van der Waals surface area contributed by atoms with Gasteiger partial charge < -0.3 is 9.73 Å². The third-order valence-corrected chi connectivity index (χ3v) is 3.70. The molecule has 0 radical (unpaired) electrons. The minimum absolute atomic E-state index is 0.269. The van der Waals surface area contributed by atoms with Gasteiger partial charge in [0.1, 0.15) is 5.76 Å². The van der Waals surface area contributed by atoms with Crippen LogP contribution in [0.4, 0.5) is 0 Å². The second kappa shape index (κ2) is 4.92. The molecule has 1 aliphatic rings. The van der Waals surface area contributed by atoms with E-state index in [2.05, 4.69) is 41.2 Å². The third kappa shape index (κ3) is 2.89. The van der Waals surface area contributed by atoms with Crippen molar-refractivity contribution in [2.75, 3.05) is 6.54 Å². The van der Waals surface area contributed by atoms with Crippen LogP contribution in [0.15, 0.2) is 21.2 Å². The molecule has 1 unspecified atom stereocenters. The van der Waals surface area contributed by atoms with Crippen LogP contribution in [0.2, 0.25) is 0 Å². The molecule has 0 aliphatic carbocycles. The Morgan fingerprint density at radius 1 is 1.50 bits per heavy atom. The standard InChI is InChI=1S/C13H20BrNO/c1-10(2)8-13(6-3-7-15-13)9-11-4-5-12(14)16-11/h4-5,10,15H,3,6-9H2,1-2H3. The number of halogens is 1. The van der Waals surface area contributed by atoms with Crippen LogP contribution in [0.3, 0.4) is 0 Å². The maximum absolute atomic E-state index is 5.63. The van der Waals surface area contributed by atoms with Gasteiger partial charge in [-0.2, -0.15) is 0 Å². The molecule has 0 spiro atoms. The highest BCUT2D eigenvalue weighted by Crippen LogP contribution is 2.31. The van der Waals surface area contributed by atoms with E-state index < -0.39 is 0 Å². The van der Waals surface area contributed by atoms with Crippen LogP contribution in [-0.4, -0.2) is 12.1 Å². The zero-order valence-electron chi connectivity index (χ0n) is 10.1. The van der Waals surface area contributed by atoms with Crippen LogP contribution in [0.5, 0.6) is 0 Å². The fraction of sp³-hybridized carbons (Fsp3) is 0.692. The lowest BCUT2D eigenvalue weighted by atomic mass is 9.84. The Labute approximate surface area is 106 Å². The van der Waals surface area contributed by atoms with Crippen molar-refractivity contribution in [3.63, 3.8) is 0 Å². The van der Waals surface area contributed by atoms with E-state index in [4.69, 9.17) is 4.42 Å². The Balaban J connectivity index is 2.08. The van der Waals surface area contributed by atoms with E-state index in [-0.39, 0.29) is 5.54 Å². The van der Waals surface area contributed by atoms with Gasteiger partial charge in [-0.15, -0.1) is 0 Å². The van der Waals surface area contributed by atoms with E-state index >= 15 is 0 Å². The smallest absolute Gasteiger partial charge is 0.169 e. The molecule has 1 aromatic rings. The van der Waals surface area contributed by atoms with Crippen LogP contribution < -0.4 is 5.32 Å². The summed E-state index contributed by atoms with van der Waals surface area (Å²) < 4.78 is 6.46. The van der Waals surface area contributed by atoms with Crippen molar-refractivity contribution in [2.24, 2.45) is 5.92 Å². The molecule has 1 fully saturated rings. The lowest BCUT2D eigenvalue weighted by molar-refractivity contribution is 0.281. The number of furan rings is 1. The average molecular weight is 286 g/mol. The highest BCUT2D eigenvalue weighted by molar-refractivity contribution is 9.10. The molecule has 0 bridgehead atoms. The van der Waals surface area contributed by atoms with Crippen LogP contribution in [0.25, 0.3) is 0 Å². The summed E-state index contributed by atoms with van der Waals surface area (Å²) in [6.07, 6.45) is 4.79. The van der Waals surface area contributed by atoms with Gasteiger partial charge in [0.25, 0.3) is 0 Å². The maximum atomic E-state index is 5.63. The van der Waals surface area contributed by atoms with Crippen molar-refractivity contribution in [3.05, 3.63) is 22.6 Å². The first-order valence-electron chi connectivity index (χ1n) is 6.09. The van der Waals surface area contributed by atoms with Gasteiger partial charge in [-0.25, -0.2) is 0 Å². The van der Waals surface area contributed by atoms with Crippen LogP contribution in [0.1, 0.15) is 38.9 Å². The summed E-state index contributed by atoms with van der Waals surface area (Å²) >= 11 is 3.36. The van der Waals surface area contributed by atoms with E-state index in [1.807, 2.05) is 6.07 Å². The molecular weight excluding hydrogens is 266 g/mol. The summed E-state index contributed by atoms with van der Waals surface area (Å²) in [5.41, 5.74) is 0.269. The minimum atomic E-state index is 0.269. The van der Waals surface area contributed by atoms with Gasteiger partial charge in [0.05, 0.1) is 0 Å².